The summed E-state index contributed by atoms with van der Waals surface area (Å²) in [6.07, 6.45) is 11.3. The first-order valence-electron chi connectivity index (χ1n) is 22.0. The van der Waals surface area contributed by atoms with Crippen LogP contribution < -0.4 is 0 Å². The predicted molar refractivity (Wildman–Crippen MR) is 276 cm³/mol. The zero-order chi connectivity index (χ0) is 45.6. The molecule has 9 aromatic rings. The second-order valence-corrected chi connectivity index (χ2v) is 15.4. The SMILES string of the molecule is C=CC1=C(/C(=C\C)c2ccc(-c3cccc(-c4nc(-c5ccccc5)nc(-c5ccccc5)n4)c3)cc2)c2ccccc2C1(c1ccccc1)c1ccncc1.C=CC=C.c1ccccc1. The van der Waals surface area contributed by atoms with E-state index >= 15 is 0 Å². The molecule has 0 radical (unpaired) electrons. The van der Waals surface area contributed by atoms with Crippen molar-refractivity contribution in [1.29, 1.82) is 0 Å². The molecular weight excluding hydrogens is 801 g/mol. The number of allylic oxidation sites excluding steroid dienone is 7. The minimum atomic E-state index is -0.553. The fourth-order valence-electron chi connectivity index (χ4n) is 8.59. The van der Waals surface area contributed by atoms with Gasteiger partial charge in [-0.2, -0.15) is 0 Å². The van der Waals surface area contributed by atoms with Gasteiger partial charge in [0.15, 0.2) is 17.5 Å². The first-order chi connectivity index (χ1) is 32.6. The summed E-state index contributed by atoms with van der Waals surface area (Å²) in [6.45, 7) is 13.3. The van der Waals surface area contributed by atoms with E-state index in [1.807, 2.05) is 109 Å². The molecule has 0 N–H and O–H groups in total. The summed E-state index contributed by atoms with van der Waals surface area (Å²) in [5.41, 5.74) is 13.9. The quantitative estimate of drug-likeness (QED) is 0.129. The lowest BCUT2D eigenvalue weighted by atomic mass is 9.67. The fourth-order valence-corrected chi connectivity index (χ4v) is 8.59. The minimum Gasteiger partial charge on any atom is -0.265 e. The Labute approximate surface area is 389 Å². The Morgan fingerprint density at radius 2 is 0.894 bits per heavy atom. The van der Waals surface area contributed by atoms with E-state index in [-0.39, 0.29) is 0 Å². The number of pyridine rings is 1. The van der Waals surface area contributed by atoms with Crippen LogP contribution in [0.5, 0.6) is 0 Å². The maximum atomic E-state index is 4.97. The molecule has 4 nitrogen and oxygen atoms in total. The number of hydrogen-bond donors (Lipinski definition) is 0. The Kier molecular flexibility index (Phi) is 14.1. The zero-order valence-electron chi connectivity index (χ0n) is 37.1. The topological polar surface area (TPSA) is 51.6 Å². The smallest absolute Gasteiger partial charge is 0.164 e. The molecule has 0 saturated carbocycles. The average molecular weight is 851 g/mol. The van der Waals surface area contributed by atoms with Crippen LogP contribution in [0.2, 0.25) is 0 Å². The van der Waals surface area contributed by atoms with E-state index in [9.17, 15) is 0 Å². The molecule has 2 heterocycles. The highest BCUT2D eigenvalue weighted by molar-refractivity contribution is 6.11. The number of fused-ring (bicyclic) bond motifs is 1. The monoisotopic (exact) mass is 850 g/mol. The van der Waals surface area contributed by atoms with Gasteiger partial charge in [0.25, 0.3) is 0 Å². The van der Waals surface area contributed by atoms with Crippen LogP contribution in [0, 0.1) is 0 Å². The Hall–Kier alpha value is -8.60. The molecule has 1 atom stereocenters. The third-order valence-corrected chi connectivity index (χ3v) is 11.5. The van der Waals surface area contributed by atoms with Gasteiger partial charge in [-0.3, -0.25) is 4.98 Å². The molecule has 0 spiro atoms. The largest absolute Gasteiger partial charge is 0.265 e. The molecular formula is C62H50N4. The maximum Gasteiger partial charge on any atom is 0.164 e. The molecule has 66 heavy (non-hydrogen) atoms. The van der Waals surface area contributed by atoms with Gasteiger partial charge in [-0.1, -0.05) is 238 Å². The molecule has 7 aromatic carbocycles. The van der Waals surface area contributed by atoms with Crippen molar-refractivity contribution in [3.05, 3.63) is 302 Å². The second-order valence-electron chi connectivity index (χ2n) is 15.4. The lowest BCUT2D eigenvalue weighted by Gasteiger charge is -2.34. The van der Waals surface area contributed by atoms with E-state index in [0.29, 0.717) is 17.5 Å². The van der Waals surface area contributed by atoms with E-state index in [2.05, 4.69) is 159 Å². The van der Waals surface area contributed by atoms with Gasteiger partial charge in [-0.25, -0.2) is 15.0 Å². The van der Waals surface area contributed by atoms with Gasteiger partial charge in [0.1, 0.15) is 0 Å². The molecule has 1 aliphatic rings. The second kappa shape index (κ2) is 21.2. The Morgan fingerprint density at radius 1 is 0.439 bits per heavy atom. The van der Waals surface area contributed by atoms with Crippen molar-refractivity contribution in [1.82, 2.24) is 19.9 Å². The Bertz CT molecular complexity index is 2970. The van der Waals surface area contributed by atoms with Gasteiger partial charge in [-0.15, -0.1) is 0 Å². The highest BCUT2D eigenvalue weighted by Gasteiger charge is 2.47. The molecule has 0 fully saturated rings. The molecule has 10 rings (SSSR count). The molecule has 318 valence electrons. The van der Waals surface area contributed by atoms with Crippen molar-refractivity contribution in [2.75, 3.05) is 0 Å². The first kappa shape index (κ1) is 44.0. The summed E-state index contributed by atoms with van der Waals surface area (Å²) in [7, 11) is 0. The van der Waals surface area contributed by atoms with Crippen LogP contribution in [0.25, 0.3) is 56.4 Å². The molecule has 2 aromatic heterocycles. The molecule has 4 heteroatoms. The fraction of sp³-hybridized carbons (Fsp3) is 0.0323. The van der Waals surface area contributed by atoms with Crippen LogP contribution >= 0.6 is 0 Å². The number of nitrogens with zero attached hydrogens (tertiary/aromatic N) is 4. The molecule has 0 aliphatic heterocycles. The highest BCUT2D eigenvalue weighted by Crippen LogP contribution is 2.57. The van der Waals surface area contributed by atoms with Gasteiger partial charge in [0.2, 0.25) is 0 Å². The number of aromatic nitrogens is 4. The maximum absolute atomic E-state index is 4.97. The van der Waals surface area contributed by atoms with Crippen LogP contribution in [0.3, 0.4) is 0 Å². The summed E-state index contributed by atoms with van der Waals surface area (Å²) in [4.78, 5) is 19.2. The van der Waals surface area contributed by atoms with E-state index in [0.717, 1.165) is 50.1 Å². The van der Waals surface area contributed by atoms with Crippen LogP contribution in [0.4, 0.5) is 0 Å². The Balaban J connectivity index is 0.000000531. The van der Waals surface area contributed by atoms with Crippen molar-refractivity contribution < 1.29 is 0 Å². The minimum absolute atomic E-state index is 0.553. The van der Waals surface area contributed by atoms with Gasteiger partial charge >= 0.3 is 0 Å². The van der Waals surface area contributed by atoms with Crippen molar-refractivity contribution in [3.8, 4) is 45.3 Å². The molecule has 0 bridgehead atoms. The third kappa shape index (κ3) is 9.21. The van der Waals surface area contributed by atoms with Crippen molar-refractivity contribution in [2.24, 2.45) is 0 Å². The van der Waals surface area contributed by atoms with E-state index in [1.165, 1.54) is 22.3 Å². The summed E-state index contributed by atoms with van der Waals surface area (Å²) in [5.74, 6) is 1.92. The normalized spacial score (nSPS) is 13.8. The molecule has 0 saturated heterocycles. The summed E-state index contributed by atoms with van der Waals surface area (Å²) in [5, 5.41) is 0. The van der Waals surface area contributed by atoms with Crippen molar-refractivity contribution in [2.45, 2.75) is 12.3 Å². The van der Waals surface area contributed by atoms with Crippen LogP contribution in [-0.2, 0) is 5.41 Å². The lowest BCUT2D eigenvalue weighted by molar-refractivity contribution is 0.760. The first-order valence-corrected chi connectivity index (χ1v) is 22.0. The Morgan fingerprint density at radius 3 is 1.42 bits per heavy atom. The van der Waals surface area contributed by atoms with Crippen LogP contribution in [0.15, 0.2) is 274 Å². The van der Waals surface area contributed by atoms with Crippen LogP contribution in [-0.4, -0.2) is 19.9 Å². The van der Waals surface area contributed by atoms with Gasteiger partial charge in [0, 0.05) is 29.1 Å². The van der Waals surface area contributed by atoms with Gasteiger partial charge < -0.3 is 0 Å². The van der Waals surface area contributed by atoms with Crippen molar-refractivity contribution in [3.63, 3.8) is 0 Å². The highest BCUT2D eigenvalue weighted by atomic mass is 15.0. The molecule has 1 unspecified atom stereocenters. The third-order valence-electron chi connectivity index (χ3n) is 11.5. The number of hydrogen-bond acceptors (Lipinski definition) is 4. The standard InChI is InChI=1S/C52H38N4.C6H6.C4H6/c1-3-44(48-45-25-14-15-26-47(45)52(46(48)4-2,42-23-12-7-13-24-42)43-31-33-53-34-32-43)37-29-27-36(28-30-37)40-21-16-22-41(35-40)51-55-49(38-17-8-5-9-18-38)54-50(56-51)39-19-10-6-11-20-39;1-2-4-6-5-3-1;1-3-4-2/h3-35H,2H2,1H3;1-6H;3-4H,1-2H2/b44-3-;;. The van der Waals surface area contributed by atoms with Gasteiger partial charge in [0.05, 0.1) is 5.41 Å². The van der Waals surface area contributed by atoms with Gasteiger partial charge in [-0.05, 0) is 80.8 Å². The van der Waals surface area contributed by atoms with E-state index < -0.39 is 5.41 Å². The van der Waals surface area contributed by atoms with E-state index in [1.54, 1.807) is 12.2 Å². The number of rotatable bonds is 10. The average Bonchev–Trinajstić information content (AvgIpc) is 3.71. The molecule has 0 amide bonds. The van der Waals surface area contributed by atoms with E-state index in [4.69, 9.17) is 15.0 Å². The number of benzene rings is 7. The zero-order valence-corrected chi connectivity index (χ0v) is 37.1. The molecule has 1 aliphatic carbocycles. The summed E-state index contributed by atoms with van der Waals surface area (Å²) in [6, 6.07) is 73.3. The summed E-state index contributed by atoms with van der Waals surface area (Å²) >= 11 is 0. The predicted octanol–water partition coefficient (Wildman–Crippen LogP) is 15.4. The summed E-state index contributed by atoms with van der Waals surface area (Å²) < 4.78 is 0. The van der Waals surface area contributed by atoms with Crippen LogP contribution in [0.1, 0.15) is 34.7 Å². The lowest BCUT2D eigenvalue weighted by Crippen LogP contribution is -2.29. The van der Waals surface area contributed by atoms with Crippen molar-refractivity contribution >= 4 is 11.1 Å².